The Labute approximate surface area is 163 Å². The highest BCUT2D eigenvalue weighted by Gasteiger charge is 2.40. The van der Waals surface area contributed by atoms with E-state index >= 15 is 0 Å². The topological polar surface area (TPSA) is 104 Å². The predicted octanol–water partition coefficient (Wildman–Crippen LogP) is 1.59. The van der Waals surface area contributed by atoms with Gasteiger partial charge in [0.2, 0.25) is 5.91 Å². The summed E-state index contributed by atoms with van der Waals surface area (Å²) in [5, 5.41) is 5.71. The number of piperidine rings is 1. The quantitative estimate of drug-likeness (QED) is 0.753. The first kappa shape index (κ1) is 17.6. The van der Waals surface area contributed by atoms with Gasteiger partial charge in [0.05, 0.1) is 17.4 Å². The monoisotopic (exact) mass is 429 g/mol. The van der Waals surface area contributed by atoms with E-state index in [4.69, 9.17) is 0 Å². The second-order valence-corrected chi connectivity index (χ2v) is 7.39. The van der Waals surface area contributed by atoms with Gasteiger partial charge in [0.1, 0.15) is 11.7 Å². The van der Waals surface area contributed by atoms with Crippen LogP contribution in [0.1, 0.15) is 33.7 Å². The third-order valence-corrected chi connectivity index (χ3v) is 5.26. The maximum atomic E-state index is 12.9. The summed E-state index contributed by atoms with van der Waals surface area (Å²) in [6.07, 6.45) is 5.24. The number of nitrogens with one attached hydrogen (secondary N) is 2. The Morgan fingerprint density at radius 3 is 2.93 bits per heavy atom. The van der Waals surface area contributed by atoms with Crippen LogP contribution in [-0.4, -0.2) is 51.2 Å². The van der Waals surface area contributed by atoms with Gasteiger partial charge in [0.15, 0.2) is 0 Å². The van der Waals surface area contributed by atoms with E-state index in [9.17, 15) is 14.4 Å². The van der Waals surface area contributed by atoms with Crippen LogP contribution in [0, 0.1) is 0 Å². The Morgan fingerprint density at radius 1 is 1.30 bits per heavy atom. The molecule has 1 aromatic carbocycles. The van der Waals surface area contributed by atoms with Crippen LogP contribution in [0.15, 0.2) is 41.3 Å². The highest BCUT2D eigenvalue weighted by Crippen LogP contribution is 2.30. The van der Waals surface area contributed by atoms with Crippen molar-refractivity contribution in [1.29, 1.82) is 0 Å². The number of amides is 3. The van der Waals surface area contributed by atoms with E-state index in [1.54, 1.807) is 23.1 Å². The van der Waals surface area contributed by atoms with E-state index in [1.165, 1.54) is 18.6 Å². The summed E-state index contributed by atoms with van der Waals surface area (Å²) < 4.78 is 0.772. The molecule has 0 spiro atoms. The van der Waals surface area contributed by atoms with Gasteiger partial charge in [-0.15, -0.1) is 0 Å². The molecule has 1 aromatic heterocycles. The molecule has 3 heterocycles. The number of carbonyl (C=O) groups is 3. The minimum atomic E-state index is -0.635. The number of benzene rings is 1. The summed E-state index contributed by atoms with van der Waals surface area (Å²) in [5.74, 6) is -0.773. The molecule has 2 N–H and O–H groups in total. The third kappa shape index (κ3) is 3.42. The molecule has 0 bridgehead atoms. The minimum absolute atomic E-state index is 0.187. The van der Waals surface area contributed by atoms with Crippen molar-refractivity contribution in [3.8, 4) is 0 Å². The van der Waals surface area contributed by atoms with Crippen LogP contribution in [0.3, 0.4) is 0 Å². The average molecular weight is 430 g/mol. The molecule has 138 valence electrons. The number of halogens is 1. The number of rotatable bonds is 2. The van der Waals surface area contributed by atoms with Gasteiger partial charge in [-0.1, -0.05) is 15.9 Å². The van der Waals surface area contributed by atoms with Gasteiger partial charge in [0.25, 0.3) is 11.8 Å². The average Bonchev–Trinajstić information content (AvgIpc) is 2.78. The summed E-state index contributed by atoms with van der Waals surface area (Å²) in [5.41, 5.74) is 1.18. The van der Waals surface area contributed by atoms with Crippen LogP contribution in [0.5, 0.6) is 0 Å². The number of hydrogen-bond donors (Lipinski definition) is 2. The van der Waals surface area contributed by atoms with Crippen LogP contribution >= 0.6 is 15.9 Å². The fraction of sp³-hybridized carbons (Fsp3) is 0.278. The zero-order chi connectivity index (χ0) is 19.0. The van der Waals surface area contributed by atoms with Gasteiger partial charge >= 0.3 is 0 Å². The van der Waals surface area contributed by atoms with Crippen molar-refractivity contribution in [2.45, 2.75) is 24.9 Å². The second kappa shape index (κ2) is 7.07. The van der Waals surface area contributed by atoms with Gasteiger partial charge in [-0.2, -0.15) is 0 Å². The number of carbonyl (C=O) groups excluding carboxylic acids is 3. The minimum Gasteiger partial charge on any atom is -0.348 e. The van der Waals surface area contributed by atoms with Crippen molar-refractivity contribution in [1.82, 2.24) is 20.2 Å². The molecule has 2 aliphatic rings. The Kier molecular flexibility index (Phi) is 4.61. The second-order valence-electron chi connectivity index (χ2n) is 6.48. The molecule has 1 saturated heterocycles. The lowest BCUT2D eigenvalue weighted by atomic mass is 9.96. The van der Waals surface area contributed by atoms with E-state index in [0.29, 0.717) is 30.6 Å². The summed E-state index contributed by atoms with van der Waals surface area (Å²) in [7, 11) is 0. The third-order valence-electron chi connectivity index (χ3n) is 4.77. The lowest BCUT2D eigenvalue weighted by Gasteiger charge is -2.37. The maximum absolute atomic E-state index is 12.9. The van der Waals surface area contributed by atoms with Crippen LogP contribution < -0.4 is 10.6 Å². The Morgan fingerprint density at radius 2 is 2.15 bits per heavy atom. The molecule has 8 nitrogen and oxygen atoms in total. The van der Waals surface area contributed by atoms with Crippen LogP contribution in [0.2, 0.25) is 0 Å². The van der Waals surface area contributed by atoms with Crippen molar-refractivity contribution in [3.05, 3.63) is 52.5 Å². The van der Waals surface area contributed by atoms with E-state index in [2.05, 4.69) is 36.5 Å². The van der Waals surface area contributed by atoms with Crippen molar-refractivity contribution in [3.63, 3.8) is 0 Å². The number of hydrogen-bond acceptors (Lipinski definition) is 5. The van der Waals surface area contributed by atoms with Crippen LogP contribution in [-0.2, 0) is 4.79 Å². The molecule has 1 fully saturated rings. The maximum Gasteiger partial charge on any atom is 0.271 e. The number of anilines is 1. The summed E-state index contributed by atoms with van der Waals surface area (Å²) in [6.45, 7) is 0.383. The zero-order valence-electron chi connectivity index (χ0n) is 14.2. The van der Waals surface area contributed by atoms with Gasteiger partial charge in [0, 0.05) is 29.5 Å². The normalized spacial score (nSPS) is 21.6. The number of fused-ring (bicyclic) bond motifs is 2. The van der Waals surface area contributed by atoms with Crippen molar-refractivity contribution < 1.29 is 14.4 Å². The molecule has 2 atom stereocenters. The number of nitrogens with zero attached hydrogens (tertiary/aromatic N) is 3. The van der Waals surface area contributed by atoms with E-state index < -0.39 is 6.04 Å². The molecule has 4 rings (SSSR count). The molecule has 2 unspecified atom stereocenters. The standard InChI is InChI=1S/C18H16BrN5O3/c19-10-1-2-13-12(7-10)18(27)24-6-3-11(8-15(24)17(26)23-13)22-16(25)14-9-20-4-5-21-14/h1-2,4-5,7,9,11,15H,3,6,8H2,(H,22,25)(H,23,26). The zero-order valence-corrected chi connectivity index (χ0v) is 15.8. The van der Waals surface area contributed by atoms with Gasteiger partial charge in [-0.05, 0) is 31.0 Å². The van der Waals surface area contributed by atoms with Crippen molar-refractivity contribution >= 4 is 39.3 Å². The van der Waals surface area contributed by atoms with Gasteiger partial charge in [-0.25, -0.2) is 4.98 Å². The van der Waals surface area contributed by atoms with Gasteiger partial charge in [-0.3, -0.25) is 19.4 Å². The van der Waals surface area contributed by atoms with Crippen molar-refractivity contribution in [2.75, 3.05) is 11.9 Å². The Hall–Kier alpha value is -2.81. The molecule has 2 aromatic rings. The Bertz CT molecular complexity index is 920. The molecule has 0 radical (unpaired) electrons. The fourth-order valence-electron chi connectivity index (χ4n) is 3.44. The molecule has 0 aliphatic carbocycles. The lowest BCUT2D eigenvalue weighted by molar-refractivity contribution is -0.121. The summed E-state index contributed by atoms with van der Waals surface area (Å²) in [6, 6.07) is 4.33. The molecule has 0 saturated carbocycles. The van der Waals surface area contributed by atoms with Crippen molar-refractivity contribution in [2.24, 2.45) is 0 Å². The fourth-order valence-corrected chi connectivity index (χ4v) is 3.80. The molecule has 3 amide bonds. The van der Waals surface area contributed by atoms with Gasteiger partial charge < -0.3 is 15.5 Å². The first-order chi connectivity index (χ1) is 13.0. The SMILES string of the molecule is O=C(NC1CCN2C(=O)c3cc(Br)ccc3NC(=O)C2C1)c1cnccn1. The van der Waals surface area contributed by atoms with E-state index in [0.717, 1.165) is 4.47 Å². The molecular formula is C18H16BrN5O3. The first-order valence-corrected chi connectivity index (χ1v) is 9.30. The summed E-state index contributed by atoms with van der Waals surface area (Å²) in [4.78, 5) is 47.4. The first-order valence-electron chi connectivity index (χ1n) is 8.51. The predicted molar refractivity (Wildman–Crippen MR) is 100 cm³/mol. The molecular weight excluding hydrogens is 414 g/mol. The van der Waals surface area contributed by atoms with E-state index in [1.807, 2.05) is 0 Å². The highest BCUT2D eigenvalue weighted by molar-refractivity contribution is 9.10. The van der Waals surface area contributed by atoms with Crippen LogP contribution in [0.4, 0.5) is 5.69 Å². The molecule has 2 aliphatic heterocycles. The largest absolute Gasteiger partial charge is 0.348 e. The number of aromatic nitrogens is 2. The molecule has 27 heavy (non-hydrogen) atoms. The molecule has 9 heteroatoms. The summed E-state index contributed by atoms with van der Waals surface area (Å²) >= 11 is 3.36. The lowest BCUT2D eigenvalue weighted by Crippen LogP contribution is -2.55. The highest BCUT2D eigenvalue weighted by atomic mass is 79.9. The smallest absolute Gasteiger partial charge is 0.271 e. The Balaban J connectivity index is 1.52. The van der Waals surface area contributed by atoms with E-state index in [-0.39, 0.29) is 29.5 Å². The van der Waals surface area contributed by atoms with Crippen LogP contribution in [0.25, 0.3) is 0 Å².